The largest absolute Gasteiger partial charge is 0.318 e. The molecule has 0 atom stereocenters. The maximum atomic E-state index is 11.3. The average Bonchev–Trinajstić information content (AvgIpc) is 2.68. The molecule has 0 aliphatic carbocycles. The number of anilines is 2. The molecule has 4 aromatic rings. The van der Waals surface area contributed by atoms with Crippen LogP contribution in [0.2, 0.25) is 0 Å². The van der Waals surface area contributed by atoms with E-state index in [-0.39, 0.29) is 5.69 Å². The van der Waals surface area contributed by atoms with E-state index >= 15 is 0 Å². The summed E-state index contributed by atoms with van der Waals surface area (Å²) in [7, 11) is 0. The number of nitro groups is 1. The minimum Gasteiger partial charge on any atom is -0.318 e. The van der Waals surface area contributed by atoms with Crippen LogP contribution in [0.3, 0.4) is 0 Å². The molecule has 0 spiro atoms. The molecule has 0 saturated heterocycles. The van der Waals surface area contributed by atoms with Crippen molar-refractivity contribution in [1.29, 1.82) is 0 Å². The van der Waals surface area contributed by atoms with Crippen molar-refractivity contribution < 1.29 is 4.92 Å². The first-order valence-electron chi connectivity index (χ1n) is 8.15. The molecule has 0 saturated carbocycles. The summed E-state index contributed by atoms with van der Waals surface area (Å²) in [6.45, 7) is 0. The van der Waals surface area contributed by atoms with Crippen LogP contribution in [0.15, 0.2) is 77.3 Å². The summed E-state index contributed by atoms with van der Waals surface area (Å²) >= 11 is 3.49. The van der Waals surface area contributed by atoms with Crippen LogP contribution in [-0.4, -0.2) is 14.9 Å². The summed E-state index contributed by atoms with van der Waals surface area (Å²) in [5.74, 6) is 0.304. The third-order valence-electron chi connectivity index (χ3n) is 4.05. The SMILES string of the molecule is O=[N+]([O-])c1ccccc1Nc1nc(-c2ccccc2)c2cc(Br)ccc2n1. The van der Waals surface area contributed by atoms with Crippen molar-refractivity contribution in [2.75, 3.05) is 5.32 Å². The topological polar surface area (TPSA) is 81.0 Å². The second-order valence-corrected chi connectivity index (χ2v) is 6.74. The highest BCUT2D eigenvalue weighted by Gasteiger charge is 2.15. The lowest BCUT2D eigenvalue weighted by molar-refractivity contribution is -0.383. The van der Waals surface area contributed by atoms with Gasteiger partial charge in [0.05, 0.1) is 16.1 Å². The van der Waals surface area contributed by atoms with Crippen molar-refractivity contribution >= 4 is 44.2 Å². The van der Waals surface area contributed by atoms with Crippen LogP contribution in [0.25, 0.3) is 22.2 Å². The van der Waals surface area contributed by atoms with Gasteiger partial charge in [0.1, 0.15) is 5.69 Å². The molecule has 0 bridgehead atoms. The highest BCUT2D eigenvalue weighted by molar-refractivity contribution is 9.10. The van der Waals surface area contributed by atoms with Gasteiger partial charge in [0.25, 0.3) is 5.69 Å². The number of para-hydroxylation sites is 2. The van der Waals surface area contributed by atoms with Crippen molar-refractivity contribution in [2.45, 2.75) is 0 Å². The van der Waals surface area contributed by atoms with E-state index in [2.05, 4.69) is 31.2 Å². The summed E-state index contributed by atoms with van der Waals surface area (Å²) in [5.41, 5.74) is 2.75. The number of nitrogens with zero attached hydrogens (tertiary/aromatic N) is 3. The van der Waals surface area contributed by atoms with E-state index in [0.29, 0.717) is 11.6 Å². The van der Waals surface area contributed by atoms with Gasteiger partial charge in [-0.15, -0.1) is 0 Å². The standard InChI is InChI=1S/C20H13BrN4O2/c21-14-10-11-16-15(12-14)19(13-6-2-1-3-7-13)24-20(22-16)23-17-8-4-5-9-18(17)25(26)27/h1-12H,(H,22,23,24). The Morgan fingerprint density at radius 3 is 2.44 bits per heavy atom. The number of aromatic nitrogens is 2. The zero-order valence-corrected chi connectivity index (χ0v) is 15.6. The number of fused-ring (bicyclic) bond motifs is 1. The molecular weight excluding hydrogens is 408 g/mol. The normalized spacial score (nSPS) is 10.7. The van der Waals surface area contributed by atoms with Gasteiger partial charge in [-0.3, -0.25) is 10.1 Å². The van der Waals surface area contributed by atoms with Crippen LogP contribution in [0.4, 0.5) is 17.3 Å². The van der Waals surface area contributed by atoms with Gasteiger partial charge in [-0.2, -0.15) is 0 Å². The molecule has 0 amide bonds. The molecule has 3 aromatic carbocycles. The molecule has 0 aliphatic heterocycles. The Labute approximate surface area is 163 Å². The lowest BCUT2D eigenvalue weighted by atomic mass is 10.1. The predicted octanol–water partition coefficient (Wildman–Crippen LogP) is 5.71. The highest BCUT2D eigenvalue weighted by Crippen LogP contribution is 2.31. The second-order valence-electron chi connectivity index (χ2n) is 5.82. The first kappa shape index (κ1) is 17.1. The quantitative estimate of drug-likeness (QED) is 0.337. The van der Waals surface area contributed by atoms with Gasteiger partial charge in [-0.05, 0) is 24.3 Å². The Morgan fingerprint density at radius 1 is 0.926 bits per heavy atom. The molecule has 27 heavy (non-hydrogen) atoms. The lowest BCUT2D eigenvalue weighted by Crippen LogP contribution is -2.02. The molecule has 0 aliphatic rings. The zero-order chi connectivity index (χ0) is 18.8. The molecule has 1 N–H and O–H groups in total. The monoisotopic (exact) mass is 420 g/mol. The molecule has 0 unspecified atom stereocenters. The van der Waals surface area contributed by atoms with Crippen LogP contribution < -0.4 is 5.32 Å². The van der Waals surface area contributed by atoms with E-state index in [0.717, 1.165) is 26.6 Å². The first-order chi connectivity index (χ1) is 13.1. The third kappa shape index (κ3) is 3.50. The van der Waals surface area contributed by atoms with Crippen molar-refractivity contribution in [2.24, 2.45) is 0 Å². The molecule has 7 heteroatoms. The Bertz CT molecular complexity index is 1150. The Hall–Kier alpha value is -3.32. The fraction of sp³-hybridized carbons (Fsp3) is 0. The van der Waals surface area contributed by atoms with Crippen LogP contribution >= 0.6 is 15.9 Å². The molecule has 0 fully saturated rings. The van der Waals surface area contributed by atoms with Gasteiger partial charge in [0.2, 0.25) is 5.95 Å². The predicted molar refractivity (Wildman–Crippen MR) is 109 cm³/mol. The average molecular weight is 421 g/mol. The summed E-state index contributed by atoms with van der Waals surface area (Å²) in [6, 6.07) is 21.9. The van der Waals surface area contributed by atoms with Crippen LogP contribution in [0.5, 0.6) is 0 Å². The Kier molecular flexibility index (Phi) is 4.52. The first-order valence-corrected chi connectivity index (χ1v) is 8.94. The van der Waals surface area contributed by atoms with E-state index in [1.807, 2.05) is 48.5 Å². The number of halogens is 1. The van der Waals surface area contributed by atoms with Gasteiger partial charge >= 0.3 is 0 Å². The van der Waals surface area contributed by atoms with E-state index in [1.165, 1.54) is 6.07 Å². The van der Waals surface area contributed by atoms with Crippen molar-refractivity contribution in [3.05, 3.63) is 87.4 Å². The van der Waals surface area contributed by atoms with E-state index in [1.54, 1.807) is 18.2 Å². The summed E-state index contributed by atoms with van der Waals surface area (Å²) in [5, 5.41) is 15.2. The molecule has 132 valence electrons. The summed E-state index contributed by atoms with van der Waals surface area (Å²) in [4.78, 5) is 20.0. The van der Waals surface area contributed by atoms with Gasteiger partial charge in [0.15, 0.2) is 0 Å². The smallest absolute Gasteiger partial charge is 0.292 e. The van der Waals surface area contributed by atoms with Gasteiger partial charge < -0.3 is 5.32 Å². The minimum absolute atomic E-state index is 0.0294. The number of hydrogen-bond acceptors (Lipinski definition) is 5. The number of hydrogen-bond donors (Lipinski definition) is 1. The fourth-order valence-corrected chi connectivity index (χ4v) is 3.19. The Balaban J connectivity index is 1.88. The number of nitro benzene ring substituents is 1. The molecule has 1 aromatic heterocycles. The van der Waals surface area contributed by atoms with Crippen molar-refractivity contribution in [1.82, 2.24) is 9.97 Å². The number of benzene rings is 3. The maximum absolute atomic E-state index is 11.3. The zero-order valence-electron chi connectivity index (χ0n) is 14.0. The number of rotatable bonds is 4. The van der Waals surface area contributed by atoms with Crippen LogP contribution in [-0.2, 0) is 0 Å². The summed E-state index contributed by atoms with van der Waals surface area (Å²) in [6.07, 6.45) is 0. The Morgan fingerprint density at radius 2 is 1.67 bits per heavy atom. The number of nitrogens with one attached hydrogen (secondary N) is 1. The van der Waals surface area contributed by atoms with Crippen molar-refractivity contribution in [3.63, 3.8) is 0 Å². The fourth-order valence-electron chi connectivity index (χ4n) is 2.83. The molecular formula is C20H13BrN4O2. The highest BCUT2D eigenvalue weighted by atomic mass is 79.9. The second kappa shape index (κ2) is 7.13. The molecule has 6 nitrogen and oxygen atoms in total. The maximum Gasteiger partial charge on any atom is 0.292 e. The van der Waals surface area contributed by atoms with Gasteiger partial charge in [-0.1, -0.05) is 58.4 Å². The van der Waals surface area contributed by atoms with Gasteiger partial charge in [0, 0.05) is 21.5 Å². The molecule has 0 radical (unpaired) electrons. The van der Waals surface area contributed by atoms with E-state index in [4.69, 9.17) is 0 Å². The minimum atomic E-state index is -0.432. The summed E-state index contributed by atoms with van der Waals surface area (Å²) < 4.78 is 0.926. The van der Waals surface area contributed by atoms with Crippen molar-refractivity contribution in [3.8, 4) is 11.3 Å². The molecule has 1 heterocycles. The van der Waals surface area contributed by atoms with Crippen LogP contribution in [0.1, 0.15) is 0 Å². The van der Waals surface area contributed by atoms with E-state index < -0.39 is 4.92 Å². The molecule has 4 rings (SSSR count). The van der Waals surface area contributed by atoms with Crippen LogP contribution in [0, 0.1) is 10.1 Å². The van der Waals surface area contributed by atoms with Gasteiger partial charge in [-0.25, -0.2) is 9.97 Å². The van der Waals surface area contributed by atoms with E-state index in [9.17, 15) is 10.1 Å². The third-order valence-corrected chi connectivity index (χ3v) is 4.55. The lowest BCUT2D eigenvalue weighted by Gasteiger charge is -2.11.